The van der Waals surface area contributed by atoms with Crippen LogP contribution in [0.25, 0.3) is 0 Å². The molecule has 0 spiro atoms. The molecule has 2 atom stereocenters. The molecule has 110 valence electrons. The zero-order valence-corrected chi connectivity index (χ0v) is 13.5. The Morgan fingerprint density at radius 3 is 2.53 bits per heavy atom. The second-order valence-corrected chi connectivity index (χ2v) is 7.00. The molecule has 0 amide bonds. The summed E-state index contributed by atoms with van der Waals surface area (Å²) in [6.07, 6.45) is 7.75. The molecule has 0 saturated carbocycles. The second-order valence-electron chi connectivity index (χ2n) is 7.00. The maximum absolute atomic E-state index is 4.35. The van der Waals surface area contributed by atoms with Crippen LogP contribution in [0, 0.1) is 11.3 Å². The predicted octanol–water partition coefficient (Wildman–Crippen LogP) is 3.50. The van der Waals surface area contributed by atoms with Crippen LogP contribution in [0.4, 0.5) is 0 Å². The number of nitrogens with zero attached hydrogens (tertiary/aromatic N) is 2. The first-order valence-electron chi connectivity index (χ1n) is 7.52. The molecule has 1 aromatic rings. The van der Waals surface area contributed by atoms with Crippen LogP contribution in [0.3, 0.4) is 0 Å². The van der Waals surface area contributed by atoms with Gasteiger partial charge in [0.2, 0.25) is 0 Å². The van der Waals surface area contributed by atoms with E-state index in [1.807, 2.05) is 10.9 Å². The molecule has 1 N–H and O–H groups in total. The van der Waals surface area contributed by atoms with Crippen molar-refractivity contribution in [2.75, 3.05) is 7.05 Å². The van der Waals surface area contributed by atoms with Gasteiger partial charge in [-0.3, -0.25) is 4.68 Å². The Bertz CT molecular complexity index is 362. The van der Waals surface area contributed by atoms with Gasteiger partial charge in [0.05, 0.1) is 6.20 Å². The maximum Gasteiger partial charge on any atom is 0.0522 e. The second kappa shape index (κ2) is 7.09. The Kier molecular flexibility index (Phi) is 6.05. The van der Waals surface area contributed by atoms with Crippen LogP contribution in [0.2, 0.25) is 0 Å². The lowest BCUT2D eigenvalue weighted by atomic mass is 9.82. The van der Waals surface area contributed by atoms with Crippen molar-refractivity contribution in [3.8, 4) is 0 Å². The van der Waals surface area contributed by atoms with Crippen molar-refractivity contribution >= 4 is 0 Å². The zero-order valence-electron chi connectivity index (χ0n) is 13.5. The molecule has 2 unspecified atom stereocenters. The topological polar surface area (TPSA) is 29.9 Å². The van der Waals surface area contributed by atoms with Crippen molar-refractivity contribution in [3.05, 3.63) is 18.0 Å². The smallest absolute Gasteiger partial charge is 0.0522 e. The molecule has 0 aromatic carbocycles. The highest BCUT2D eigenvalue weighted by molar-refractivity contribution is 5.06. The van der Waals surface area contributed by atoms with E-state index in [9.17, 15) is 0 Å². The zero-order chi connectivity index (χ0) is 14.5. The van der Waals surface area contributed by atoms with Gasteiger partial charge >= 0.3 is 0 Å². The molecule has 1 rings (SSSR count). The van der Waals surface area contributed by atoms with E-state index in [0.717, 1.165) is 18.9 Å². The van der Waals surface area contributed by atoms with Gasteiger partial charge < -0.3 is 5.32 Å². The number of aromatic nitrogens is 2. The van der Waals surface area contributed by atoms with Gasteiger partial charge in [0.25, 0.3) is 0 Å². The van der Waals surface area contributed by atoms with Gasteiger partial charge in [0.1, 0.15) is 0 Å². The van der Waals surface area contributed by atoms with Crippen LogP contribution in [-0.4, -0.2) is 22.9 Å². The highest BCUT2D eigenvalue weighted by Gasteiger charge is 2.19. The lowest BCUT2D eigenvalue weighted by Crippen LogP contribution is -2.30. The standard InChI is InChI=1S/C16H31N3/c1-7-19-12-14(11-18-19)9-15(17-6)8-13(2)10-16(3,4)5/h11-13,15,17H,7-10H2,1-6H3. The van der Waals surface area contributed by atoms with E-state index in [1.54, 1.807) is 0 Å². The van der Waals surface area contributed by atoms with E-state index in [1.165, 1.54) is 18.4 Å². The molecule has 1 heterocycles. The van der Waals surface area contributed by atoms with Crippen molar-refractivity contribution in [1.29, 1.82) is 0 Å². The van der Waals surface area contributed by atoms with Gasteiger partial charge in [-0.25, -0.2) is 0 Å². The van der Waals surface area contributed by atoms with E-state index in [4.69, 9.17) is 0 Å². The molecule has 0 aliphatic carbocycles. The third-order valence-electron chi connectivity index (χ3n) is 3.55. The van der Waals surface area contributed by atoms with E-state index < -0.39 is 0 Å². The summed E-state index contributed by atoms with van der Waals surface area (Å²) in [5.74, 6) is 0.749. The Hall–Kier alpha value is -0.830. The first-order valence-corrected chi connectivity index (χ1v) is 7.52. The first kappa shape index (κ1) is 16.2. The summed E-state index contributed by atoms with van der Waals surface area (Å²) in [4.78, 5) is 0. The number of hydrogen-bond donors (Lipinski definition) is 1. The van der Waals surface area contributed by atoms with E-state index in [0.29, 0.717) is 11.5 Å². The highest BCUT2D eigenvalue weighted by atomic mass is 15.3. The summed E-state index contributed by atoms with van der Waals surface area (Å²) in [5, 5.41) is 7.81. The summed E-state index contributed by atoms with van der Waals surface area (Å²) in [6.45, 7) is 12.4. The molecular weight excluding hydrogens is 234 g/mol. The van der Waals surface area contributed by atoms with E-state index in [-0.39, 0.29) is 0 Å². The fourth-order valence-electron chi connectivity index (χ4n) is 2.89. The lowest BCUT2D eigenvalue weighted by molar-refractivity contribution is 0.277. The molecule has 0 fully saturated rings. The van der Waals surface area contributed by atoms with Crippen molar-refractivity contribution in [2.24, 2.45) is 11.3 Å². The molecular formula is C16H31N3. The Morgan fingerprint density at radius 1 is 1.37 bits per heavy atom. The molecule has 3 heteroatoms. The molecule has 19 heavy (non-hydrogen) atoms. The average Bonchev–Trinajstić information content (AvgIpc) is 2.73. The summed E-state index contributed by atoms with van der Waals surface area (Å²) in [7, 11) is 2.07. The minimum Gasteiger partial charge on any atom is -0.317 e. The Morgan fingerprint density at radius 2 is 2.05 bits per heavy atom. The summed E-state index contributed by atoms with van der Waals surface area (Å²) < 4.78 is 2.00. The molecule has 1 aromatic heterocycles. The fraction of sp³-hybridized carbons (Fsp3) is 0.812. The van der Waals surface area contributed by atoms with Gasteiger partial charge in [0, 0.05) is 18.8 Å². The van der Waals surface area contributed by atoms with Crippen LogP contribution in [0.1, 0.15) is 53.0 Å². The molecule has 0 saturated heterocycles. The first-order chi connectivity index (χ1) is 8.84. The van der Waals surface area contributed by atoms with Crippen molar-refractivity contribution < 1.29 is 0 Å². The molecule has 0 aliphatic rings. The number of aryl methyl sites for hydroxylation is 1. The van der Waals surface area contributed by atoms with Crippen molar-refractivity contribution in [2.45, 2.75) is 66.5 Å². The largest absolute Gasteiger partial charge is 0.317 e. The van der Waals surface area contributed by atoms with Crippen LogP contribution < -0.4 is 5.32 Å². The van der Waals surface area contributed by atoms with Crippen LogP contribution in [0.15, 0.2) is 12.4 Å². The Labute approximate surface area is 118 Å². The van der Waals surface area contributed by atoms with Crippen LogP contribution in [-0.2, 0) is 13.0 Å². The van der Waals surface area contributed by atoms with Gasteiger partial charge in [0.15, 0.2) is 0 Å². The summed E-state index contributed by atoms with van der Waals surface area (Å²) >= 11 is 0. The Balaban J connectivity index is 2.49. The van der Waals surface area contributed by atoms with Crippen molar-refractivity contribution in [1.82, 2.24) is 15.1 Å². The highest BCUT2D eigenvalue weighted by Crippen LogP contribution is 2.27. The van der Waals surface area contributed by atoms with Gasteiger partial charge in [-0.05, 0) is 50.1 Å². The lowest BCUT2D eigenvalue weighted by Gasteiger charge is -2.26. The quantitative estimate of drug-likeness (QED) is 0.818. The predicted molar refractivity (Wildman–Crippen MR) is 82.3 cm³/mol. The monoisotopic (exact) mass is 265 g/mol. The van der Waals surface area contributed by atoms with Crippen LogP contribution in [0.5, 0.6) is 0 Å². The normalized spacial score (nSPS) is 15.5. The third-order valence-corrected chi connectivity index (χ3v) is 3.55. The van der Waals surface area contributed by atoms with Crippen LogP contribution >= 0.6 is 0 Å². The number of likely N-dealkylation sites (N-methyl/N-ethyl adjacent to an activating group) is 1. The minimum atomic E-state index is 0.421. The number of rotatable bonds is 7. The van der Waals surface area contributed by atoms with Crippen molar-refractivity contribution in [3.63, 3.8) is 0 Å². The van der Waals surface area contributed by atoms with Gasteiger partial charge in [-0.15, -0.1) is 0 Å². The number of hydrogen-bond acceptors (Lipinski definition) is 2. The summed E-state index contributed by atoms with van der Waals surface area (Å²) in [6, 6.07) is 0.548. The number of nitrogens with one attached hydrogen (secondary N) is 1. The van der Waals surface area contributed by atoms with Gasteiger partial charge in [-0.1, -0.05) is 27.7 Å². The minimum absolute atomic E-state index is 0.421. The van der Waals surface area contributed by atoms with Gasteiger partial charge in [-0.2, -0.15) is 5.10 Å². The molecule has 0 aliphatic heterocycles. The average molecular weight is 265 g/mol. The third kappa shape index (κ3) is 6.24. The molecule has 3 nitrogen and oxygen atoms in total. The van der Waals surface area contributed by atoms with E-state index >= 15 is 0 Å². The van der Waals surface area contributed by atoms with E-state index in [2.05, 4.69) is 58.3 Å². The SMILES string of the molecule is CCn1cc(CC(CC(C)CC(C)(C)C)NC)cn1. The molecule has 0 radical (unpaired) electrons. The maximum atomic E-state index is 4.35. The fourth-order valence-corrected chi connectivity index (χ4v) is 2.89. The summed E-state index contributed by atoms with van der Waals surface area (Å²) in [5.41, 5.74) is 1.76. The molecule has 0 bridgehead atoms.